The molecule has 2 fully saturated rings. The standard InChI is InChI=1S/C24H29N7O2S/c1-4-30(3)22(32)16-5-9-18(10-6-16)34-23-26-19(25-20-11-15(2)28-29-20)12-21(27-23)31-13-24(33,14-31)17-7-8-17/h5-6,9-12,17,33H,4,7-8,13-14H2,1-3H3,(H2,25,26,27,28,29). The Morgan fingerprint density at radius 1 is 1.24 bits per heavy atom. The molecule has 2 aliphatic rings. The topological polar surface area (TPSA) is 110 Å². The van der Waals surface area contributed by atoms with Crippen LogP contribution in [0.1, 0.15) is 35.8 Å². The van der Waals surface area contributed by atoms with Crippen molar-refractivity contribution in [1.82, 2.24) is 25.1 Å². The molecule has 0 unspecified atom stereocenters. The van der Waals surface area contributed by atoms with Gasteiger partial charge in [0.05, 0.1) is 13.1 Å². The number of nitrogens with zero attached hydrogens (tertiary/aromatic N) is 5. The van der Waals surface area contributed by atoms with Crippen LogP contribution in [0.25, 0.3) is 0 Å². The Bertz CT molecular complexity index is 1190. The average molecular weight is 480 g/mol. The van der Waals surface area contributed by atoms with Crippen molar-refractivity contribution in [2.45, 2.75) is 42.3 Å². The number of aromatic amines is 1. The van der Waals surface area contributed by atoms with Crippen molar-refractivity contribution < 1.29 is 9.90 Å². The Labute approximate surface area is 203 Å². The van der Waals surface area contributed by atoms with Crippen LogP contribution in [0.15, 0.2) is 46.5 Å². The smallest absolute Gasteiger partial charge is 0.253 e. The summed E-state index contributed by atoms with van der Waals surface area (Å²) in [5.74, 6) is 2.50. The van der Waals surface area contributed by atoms with Crippen LogP contribution in [0.3, 0.4) is 0 Å². The number of carbonyl (C=O) groups is 1. The number of H-pyrrole nitrogens is 1. The molecule has 1 aliphatic carbocycles. The van der Waals surface area contributed by atoms with Crippen molar-refractivity contribution >= 4 is 35.1 Å². The quantitative estimate of drug-likeness (QED) is 0.422. The van der Waals surface area contributed by atoms with Crippen LogP contribution >= 0.6 is 11.8 Å². The van der Waals surface area contributed by atoms with Gasteiger partial charge in [-0.2, -0.15) is 5.10 Å². The van der Waals surface area contributed by atoms with Crippen molar-refractivity contribution in [1.29, 1.82) is 0 Å². The SMILES string of the molecule is CCN(C)C(=O)c1ccc(Sc2nc(Nc3cc(C)[nH]n3)cc(N3CC(O)(C4CC4)C3)n2)cc1. The van der Waals surface area contributed by atoms with E-state index in [9.17, 15) is 9.90 Å². The molecule has 0 radical (unpaired) electrons. The number of nitrogens with one attached hydrogen (secondary N) is 2. The lowest BCUT2D eigenvalue weighted by molar-refractivity contribution is -0.00980. The van der Waals surface area contributed by atoms with E-state index in [0.717, 1.165) is 29.2 Å². The van der Waals surface area contributed by atoms with Crippen molar-refractivity contribution in [2.75, 3.05) is 36.9 Å². The summed E-state index contributed by atoms with van der Waals surface area (Å²) in [6, 6.07) is 11.3. The highest BCUT2D eigenvalue weighted by atomic mass is 32.2. The number of aliphatic hydroxyl groups is 1. The second kappa shape index (κ2) is 8.92. The van der Waals surface area contributed by atoms with E-state index in [2.05, 4.69) is 25.4 Å². The molecule has 1 saturated heterocycles. The van der Waals surface area contributed by atoms with Crippen LogP contribution in [0, 0.1) is 12.8 Å². The van der Waals surface area contributed by atoms with Gasteiger partial charge in [0.2, 0.25) is 0 Å². The van der Waals surface area contributed by atoms with E-state index in [0.29, 0.717) is 47.9 Å². The molecule has 178 valence electrons. The summed E-state index contributed by atoms with van der Waals surface area (Å²) in [6.45, 7) is 5.72. The number of aryl methyl sites for hydroxylation is 1. The first-order valence-electron chi connectivity index (χ1n) is 11.5. The van der Waals surface area contributed by atoms with Gasteiger partial charge in [0.25, 0.3) is 5.91 Å². The fourth-order valence-electron chi connectivity index (χ4n) is 4.09. The Hall–Kier alpha value is -3.11. The number of benzene rings is 1. The Morgan fingerprint density at radius 3 is 2.59 bits per heavy atom. The molecule has 9 nitrogen and oxygen atoms in total. The maximum atomic E-state index is 12.4. The highest BCUT2D eigenvalue weighted by Crippen LogP contribution is 2.45. The number of aromatic nitrogens is 4. The van der Waals surface area contributed by atoms with Crippen molar-refractivity contribution in [3.8, 4) is 0 Å². The zero-order valence-electron chi connectivity index (χ0n) is 19.6. The summed E-state index contributed by atoms with van der Waals surface area (Å²) in [6.07, 6.45) is 2.21. The molecule has 2 aromatic heterocycles. The average Bonchev–Trinajstić information content (AvgIpc) is 3.59. The molecule has 1 aliphatic heterocycles. The van der Waals surface area contributed by atoms with Crippen LogP contribution in [0.4, 0.5) is 17.5 Å². The van der Waals surface area contributed by atoms with Crippen LogP contribution in [0.2, 0.25) is 0 Å². The minimum Gasteiger partial charge on any atom is -0.386 e. The van der Waals surface area contributed by atoms with Gasteiger partial charge >= 0.3 is 0 Å². The van der Waals surface area contributed by atoms with Crippen molar-refractivity contribution in [2.24, 2.45) is 5.92 Å². The highest BCUT2D eigenvalue weighted by Gasteiger charge is 2.52. The van der Waals surface area contributed by atoms with Crippen LogP contribution < -0.4 is 10.2 Å². The summed E-state index contributed by atoms with van der Waals surface area (Å²) in [4.78, 5) is 26.5. The molecule has 0 spiro atoms. The Morgan fingerprint density at radius 2 is 1.97 bits per heavy atom. The lowest BCUT2D eigenvalue weighted by Crippen LogP contribution is -2.63. The van der Waals surface area contributed by atoms with E-state index >= 15 is 0 Å². The van der Waals surface area contributed by atoms with Gasteiger partial charge in [-0.25, -0.2) is 9.97 Å². The second-order valence-electron chi connectivity index (χ2n) is 9.13. The summed E-state index contributed by atoms with van der Waals surface area (Å²) in [5, 5.41) is 21.8. The zero-order chi connectivity index (χ0) is 23.9. The van der Waals surface area contributed by atoms with Crippen LogP contribution in [-0.2, 0) is 0 Å². The monoisotopic (exact) mass is 479 g/mol. The normalized spacial score (nSPS) is 16.8. The summed E-state index contributed by atoms with van der Waals surface area (Å²) in [7, 11) is 1.79. The molecule has 0 bridgehead atoms. The third kappa shape index (κ3) is 4.74. The summed E-state index contributed by atoms with van der Waals surface area (Å²) in [5.41, 5.74) is 1.01. The van der Waals surface area contributed by atoms with Gasteiger partial charge in [-0.05, 0) is 68.6 Å². The van der Waals surface area contributed by atoms with E-state index in [1.54, 1.807) is 11.9 Å². The minimum atomic E-state index is -0.598. The third-order valence-electron chi connectivity index (χ3n) is 6.38. The fourth-order valence-corrected chi connectivity index (χ4v) is 4.85. The predicted octanol–water partition coefficient (Wildman–Crippen LogP) is 3.46. The molecule has 1 amide bonds. The van der Waals surface area contributed by atoms with Gasteiger partial charge < -0.3 is 20.2 Å². The summed E-state index contributed by atoms with van der Waals surface area (Å²) < 4.78 is 0. The number of carbonyl (C=O) groups excluding carboxylic acids is 1. The van der Waals surface area contributed by atoms with Gasteiger partial charge in [0.1, 0.15) is 17.2 Å². The largest absolute Gasteiger partial charge is 0.386 e. The number of amides is 1. The third-order valence-corrected chi connectivity index (χ3v) is 7.25. The first kappa shape index (κ1) is 22.7. The minimum absolute atomic E-state index is 0.000914. The fraction of sp³-hybridized carbons (Fsp3) is 0.417. The second-order valence-corrected chi connectivity index (χ2v) is 10.2. The molecule has 3 N–H and O–H groups in total. The maximum absolute atomic E-state index is 12.4. The molecule has 0 atom stereocenters. The van der Waals surface area contributed by atoms with Gasteiger partial charge in [-0.15, -0.1) is 0 Å². The molecule has 10 heteroatoms. The molecule has 3 aromatic rings. The lowest BCUT2D eigenvalue weighted by Gasteiger charge is -2.47. The number of hydrogen-bond donors (Lipinski definition) is 3. The van der Waals surface area contributed by atoms with Gasteiger partial charge in [-0.3, -0.25) is 9.89 Å². The Kier molecular flexibility index (Phi) is 5.95. The number of anilines is 3. The maximum Gasteiger partial charge on any atom is 0.253 e. The molecular weight excluding hydrogens is 450 g/mol. The zero-order valence-corrected chi connectivity index (χ0v) is 20.4. The van der Waals surface area contributed by atoms with Crippen LogP contribution in [0.5, 0.6) is 0 Å². The van der Waals surface area contributed by atoms with Gasteiger partial charge in [0, 0.05) is 41.9 Å². The van der Waals surface area contributed by atoms with Gasteiger partial charge in [-0.1, -0.05) is 0 Å². The molecule has 3 heterocycles. The molecule has 34 heavy (non-hydrogen) atoms. The van der Waals surface area contributed by atoms with Crippen molar-refractivity contribution in [3.63, 3.8) is 0 Å². The number of β-amino-alcohol motifs (C(OH)–C–C–N with tert-alkyl or cyclic N) is 1. The first-order chi connectivity index (χ1) is 16.3. The van der Waals surface area contributed by atoms with E-state index in [4.69, 9.17) is 4.98 Å². The van der Waals surface area contributed by atoms with Crippen LogP contribution in [-0.4, -0.2) is 68.4 Å². The highest BCUT2D eigenvalue weighted by molar-refractivity contribution is 7.99. The van der Waals surface area contributed by atoms with Gasteiger partial charge in [0.15, 0.2) is 11.0 Å². The summed E-state index contributed by atoms with van der Waals surface area (Å²) >= 11 is 1.43. The Balaban J connectivity index is 1.37. The first-order valence-corrected chi connectivity index (χ1v) is 12.3. The molecular formula is C24H29N7O2S. The predicted molar refractivity (Wildman–Crippen MR) is 132 cm³/mol. The van der Waals surface area contributed by atoms with E-state index in [-0.39, 0.29) is 5.91 Å². The number of hydrogen-bond acceptors (Lipinski definition) is 8. The molecule has 1 saturated carbocycles. The number of rotatable bonds is 8. The van der Waals surface area contributed by atoms with E-state index in [1.807, 2.05) is 50.2 Å². The molecule has 1 aromatic carbocycles. The van der Waals surface area contributed by atoms with E-state index < -0.39 is 5.60 Å². The lowest BCUT2D eigenvalue weighted by atomic mass is 9.89. The van der Waals surface area contributed by atoms with Crippen molar-refractivity contribution in [3.05, 3.63) is 47.7 Å². The van der Waals surface area contributed by atoms with E-state index in [1.165, 1.54) is 11.8 Å². The molecule has 5 rings (SSSR count).